The topological polar surface area (TPSA) is 9.23 Å². The summed E-state index contributed by atoms with van der Waals surface area (Å²) >= 11 is 10.9. The van der Waals surface area contributed by atoms with Gasteiger partial charge in [-0.15, -0.1) is 23.2 Å². The summed E-state index contributed by atoms with van der Waals surface area (Å²) in [6.45, 7) is 0.880. The fourth-order valence-corrected chi connectivity index (χ4v) is 1.07. The van der Waals surface area contributed by atoms with Gasteiger partial charge in [-0.2, -0.15) is 0 Å². The van der Waals surface area contributed by atoms with Crippen molar-refractivity contribution in [3.8, 4) is 0 Å². The summed E-state index contributed by atoms with van der Waals surface area (Å²) in [6, 6.07) is 0. The third kappa shape index (κ3) is 1.81. The molecule has 0 aromatic rings. The highest BCUT2D eigenvalue weighted by molar-refractivity contribution is 6.44. The molecule has 0 spiro atoms. The summed E-state index contributed by atoms with van der Waals surface area (Å²) < 4.78 is 5.07. The number of rotatable bonds is 2. The molecule has 0 aromatic carbocycles. The van der Waals surface area contributed by atoms with Crippen LogP contribution in [0.1, 0.15) is 12.8 Å². The zero-order valence-corrected chi connectivity index (χ0v) is 5.95. The molecular weight excluding hydrogens is 147 g/mol. The van der Waals surface area contributed by atoms with Gasteiger partial charge in [-0.05, 0) is 6.42 Å². The second-order valence-electron chi connectivity index (χ2n) is 1.91. The maximum atomic E-state index is 5.47. The molecule has 1 nitrogen and oxygen atoms in total. The molecule has 1 saturated heterocycles. The first-order valence-electron chi connectivity index (χ1n) is 2.69. The Labute approximate surface area is 58.9 Å². The minimum absolute atomic E-state index is 0.250. The third-order valence-electron chi connectivity index (χ3n) is 1.23. The van der Waals surface area contributed by atoms with Crippen molar-refractivity contribution in [3.63, 3.8) is 0 Å². The minimum atomic E-state index is -0.250. The molecule has 0 saturated carbocycles. The van der Waals surface area contributed by atoms with Crippen LogP contribution < -0.4 is 0 Å². The van der Waals surface area contributed by atoms with Gasteiger partial charge in [0, 0.05) is 13.0 Å². The van der Waals surface area contributed by atoms with Crippen molar-refractivity contribution in [3.05, 3.63) is 0 Å². The molecule has 0 N–H and O–H groups in total. The predicted molar refractivity (Wildman–Crippen MR) is 34.5 cm³/mol. The number of halogens is 2. The minimum Gasteiger partial charge on any atom is -0.378 e. The lowest BCUT2D eigenvalue weighted by Gasteiger charge is -2.26. The quantitative estimate of drug-likeness (QED) is 0.554. The van der Waals surface area contributed by atoms with Gasteiger partial charge in [-0.25, -0.2) is 0 Å². The van der Waals surface area contributed by atoms with E-state index in [1.165, 1.54) is 0 Å². The van der Waals surface area contributed by atoms with E-state index in [-0.39, 0.29) is 4.84 Å². The van der Waals surface area contributed by atoms with E-state index in [4.69, 9.17) is 27.9 Å². The van der Waals surface area contributed by atoms with Crippen LogP contribution in [-0.2, 0) is 4.74 Å². The van der Waals surface area contributed by atoms with Crippen molar-refractivity contribution in [1.82, 2.24) is 0 Å². The Kier molecular flexibility index (Phi) is 2.42. The zero-order chi connectivity index (χ0) is 5.98. The summed E-state index contributed by atoms with van der Waals surface area (Å²) in [4.78, 5) is -0.250. The maximum absolute atomic E-state index is 5.47. The van der Waals surface area contributed by atoms with Gasteiger partial charge < -0.3 is 4.74 Å². The molecule has 1 heterocycles. The maximum Gasteiger partial charge on any atom is 0.110 e. The van der Waals surface area contributed by atoms with Crippen molar-refractivity contribution >= 4 is 23.2 Å². The Morgan fingerprint density at radius 1 is 1.62 bits per heavy atom. The van der Waals surface area contributed by atoms with Crippen LogP contribution in [0, 0.1) is 0 Å². The molecule has 1 aliphatic rings. The van der Waals surface area contributed by atoms with Gasteiger partial charge in [-0.1, -0.05) is 0 Å². The molecule has 1 unspecified atom stereocenters. The molecule has 0 radical (unpaired) electrons. The highest BCUT2D eigenvalue weighted by Crippen LogP contribution is 2.20. The fourth-order valence-electron chi connectivity index (χ4n) is 0.669. The van der Waals surface area contributed by atoms with E-state index < -0.39 is 0 Å². The van der Waals surface area contributed by atoms with Gasteiger partial charge in [0.05, 0.1) is 6.10 Å². The van der Waals surface area contributed by atoms with E-state index in [1.807, 2.05) is 0 Å². The lowest BCUT2D eigenvalue weighted by Crippen LogP contribution is -2.28. The average Bonchev–Trinajstić information content (AvgIpc) is 1.55. The van der Waals surface area contributed by atoms with Gasteiger partial charge in [0.25, 0.3) is 0 Å². The van der Waals surface area contributed by atoms with Crippen LogP contribution in [0.4, 0.5) is 0 Å². The van der Waals surface area contributed by atoms with Crippen LogP contribution in [0.3, 0.4) is 0 Å². The lowest BCUT2D eigenvalue weighted by atomic mass is 10.1. The average molecular weight is 155 g/mol. The summed E-state index contributed by atoms with van der Waals surface area (Å²) in [6.07, 6.45) is 2.24. The fraction of sp³-hybridized carbons (Fsp3) is 1.00. The first kappa shape index (κ1) is 6.66. The van der Waals surface area contributed by atoms with Crippen LogP contribution in [-0.4, -0.2) is 17.5 Å². The van der Waals surface area contributed by atoms with E-state index in [0.29, 0.717) is 6.10 Å². The molecule has 0 aliphatic carbocycles. The summed E-state index contributed by atoms with van der Waals surface area (Å²) in [5, 5.41) is 0. The van der Waals surface area contributed by atoms with E-state index in [2.05, 4.69) is 0 Å². The van der Waals surface area contributed by atoms with Crippen LogP contribution in [0.5, 0.6) is 0 Å². The van der Waals surface area contributed by atoms with E-state index in [0.717, 1.165) is 19.4 Å². The van der Waals surface area contributed by atoms with E-state index in [1.54, 1.807) is 0 Å². The van der Waals surface area contributed by atoms with Crippen molar-refractivity contribution < 1.29 is 4.74 Å². The van der Waals surface area contributed by atoms with Crippen LogP contribution in [0.25, 0.3) is 0 Å². The molecular formula is C5H8Cl2O. The zero-order valence-electron chi connectivity index (χ0n) is 4.44. The van der Waals surface area contributed by atoms with Crippen molar-refractivity contribution in [2.24, 2.45) is 0 Å². The molecule has 48 valence electrons. The Bertz CT molecular complexity index is 70.8. The predicted octanol–water partition coefficient (Wildman–Crippen LogP) is 1.97. The Balaban J connectivity index is 2.01. The summed E-state index contributed by atoms with van der Waals surface area (Å²) in [5.41, 5.74) is 0. The molecule has 0 amide bonds. The third-order valence-corrected chi connectivity index (χ3v) is 1.59. The van der Waals surface area contributed by atoms with Crippen molar-refractivity contribution in [2.45, 2.75) is 23.8 Å². The summed E-state index contributed by atoms with van der Waals surface area (Å²) in [5.74, 6) is 0. The van der Waals surface area contributed by atoms with Crippen molar-refractivity contribution in [1.29, 1.82) is 0 Å². The monoisotopic (exact) mass is 154 g/mol. The lowest BCUT2D eigenvalue weighted by molar-refractivity contribution is -0.0523. The summed E-state index contributed by atoms with van der Waals surface area (Å²) in [7, 11) is 0. The molecule has 0 bridgehead atoms. The smallest absolute Gasteiger partial charge is 0.110 e. The van der Waals surface area contributed by atoms with Crippen LogP contribution in [0.15, 0.2) is 0 Å². The number of alkyl halides is 2. The Hall–Kier alpha value is 0.540. The number of hydrogen-bond donors (Lipinski definition) is 0. The van der Waals surface area contributed by atoms with Crippen molar-refractivity contribution in [2.75, 3.05) is 6.61 Å². The van der Waals surface area contributed by atoms with Gasteiger partial charge >= 0.3 is 0 Å². The number of hydrogen-bond acceptors (Lipinski definition) is 1. The molecule has 1 rings (SSSR count). The Morgan fingerprint density at radius 2 is 2.25 bits per heavy atom. The molecule has 0 aromatic heterocycles. The van der Waals surface area contributed by atoms with Crippen LogP contribution >= 0.6 is 23.2 Å². The first-order valence-corrected chi connectivity index (χ1v) is 3.56. The largest absolute Gasteiger partial charge is 0.378 e. The SMILES string of the molecule is ClC(Cl)CC1CCO1. The van der Waals surface area contributed by atoms with Gasteiger partial charge in [0.1, 0.15) is 4.84 Å². The van der Waals surface area contributed by atoms with Gasteiger partial charge in [0.2, 0.25) is 0 Å². The molecule has 3 heteroatoms. The van der Waals surface area contributed by atoms with E-state index in [9.17, 15) is 0 Å². The van der Waals surface area contributed by atoms with Gasteiger partial charge in [0.15, 0.2) is 0 Å². The Morgan fingerprint density at radius 3 is 2.38 bits per heavy atom. The highest BCUT2D eigenvalue weighted by atomic mass is 35.5. The van der Waals surface area contributed by atoms with Gasteiger partial charge in [-0.3, -0.25) is 0 Å². The first-order chi connectivity index (χ1) is 3.79. The van der Waals surface area contributed by atoms with E-state index >= 15 is 0 Å². The standard InChI is InChI=1S/C5H8Cl2O/c6-5(7)3-4-1-2-8-4/h4-5H,1-3H2. The molecule has 1 atom stereocenters. The highest BCUT2D eigenvalue weighted by Gasteiger charge is 2.20. The second kappa shape index (κ2) is 2.90. The second-order valence-corrected chi connectivity index (χ2v) is 3.19. The van der Waals surface area contributed by atoms with Crippen LogP contribution in [0.2, 0.25) is 0 Å². The molecule has 1 aliphatic heterocycles. The number of ether oxygens (including phenoxy) is 1. The molecule has 1 fully saturated rings. The normalized spacial score (nSPS) is 28.1. The molecule has 8 heavy (non-hydrogen) atoms.